The number of benzene rings is 1. The van der Waals surface area contributed by atoms with Gasteiger partial charge in [-0.05, 0) is 55.2 Å². The molecule has 1 aromatic heterocycles. The van der Waals surface area contributed by atoms with Gasteiger partial charge in [0.2, 0.25) is 0 Å². The van der Waals surface area contributed by atoms with E-state index >= 15 is 0 Å². The number of anilines is 1. The van der Waals surface area contributed by atoms with Crippen molar-refractivity contribution in [3.05, 3.63) is 51.9 Å². The Labute approximate surface area is 164 Å². The number of carbonyl (C=O) groups is 2. The van der Waals surface area contributed by atoms with Crippen LogP contribution in [0.2, 0.25) is 0 Å². The molecule has 144 valence electrons. The Bertz CT molecular complexity index is 833. The van der Waals surface area contributed by atoms with Crippen molar-refractivity contribution in [3.63, 3.8) is 0 Å². The molecule has 1 N–H and O–H groups in total. The molecule has 0 radical (unpaired) electrons. The summed E-state index contributed by atoms with van der Waals surface area (Å²) in [5.74, 6) is 0.0241. The highest BCUT2D eigenvalue weighted by Crippen LogP contribution is 2.44. The number of hydrogen-bond donors (Lipinski definition) is 1. The van der Waals surface area contributed by atoms with Crippen molar-refractivity contribution < 1.29 is 14.3 Å². The van der Waals surface area contributed by atoms with Gasteiger partial charge in [-0.1, -0.05) is 39.0 Å². The van der Waals surface area contributed by atoms with Crippen molar-refractivity contribution in [1.82, 2.24) is 0 Å². The lowest BCUT2D eigenvalue weighted by Gasteiger charge is -2.33. The molecule has 1 aliphatic rings. The molecule has 27 heavy (non-hydrogen) atoms. The average molecular weight is 386 g/mol. The molecule has 0 aliphatic heterocycles. The summed E-state index contributed by atoms with van der Waals surface area (Å²) in [5.41, 5.74) is 2.40. The van der Waals surface area contributed by atoms with E-state index in [0.717, 1.165) is 24.8 Å². The minimum atomic E-state index is -0.340. The molecule has 0 fully saturated rings. The summed E-state index contributed by atoms with van der Waals surface area (Å²) >= 11 is 1.53. The van der Waals surface area contributed by atoms with Gasteiger partial charge in [0.15, 0.2) is 0 Å². The van der Waals surface area contributed by atoms with Gasteiger partial charge in [-0.25, -0.2) is 4.79 Å². The fourth-order valence-electron chi connectivity index (χ4n) is 3.60. The first-order chi connectivity index (χ1) is 12.8. The monoisotopic (exact) mass is 385 g/mol. The van der Waals surface area contributed by atoms with E-state index in [0.29, 0.717) is 28.7 Å². The van der Waals surface area contributed by atoms with Crippen LogP contribution in [0.4, 0.5) is 5.00 Å². The van der Waals surface area contributed by atoms with Crippen LogP contribution in [0.1, 0.15) is 65.3 Å². The highest BCUT2D eigenvalue weighted by atomic mass is 32.1. The molecule has 0 saturated carbocycles. The summed E-state index contributed by atoms with van der Waals surface area (Å²) < 4.78 is 5.29. The summed E-state index contributed by atoms with van der Waals surface area (Å²) in [6, 6.07) is 9.06. The van der Waals surface area contributed by atoms with E-state index in [-0.39, 0.29) is 17.3 Å². The molecule has 0 spiro atoms. The van der Waals surface area contributed by atoms with Gasteiger partial charge in [0.25, 0.3) is 5.91 Å². The van der Waals surface area contributed by atoms with E-state index in [1.165, 1.54) is 16.2 Å². The Hall–Kier alpha value is -2.14. The van der Waals surface area contributed by atoms with Crippen molar-refractivity contribution in [2.24, 2.45) is 11.3 Å². The van der Waals surface area contributed by atoms with Crippen LogP contribution in [0.5, 0.6) is 0 Å². The molecule has 1 aliphatic carbocycles. The van der Waals surface area contributed by atoms with E-state index < -0.39 is 0 Å². The topological polar surface area (TPSA) is 55.4 Å². The van der Waals surface area contributed by atoms with Crippen LogP contribution < -0.4 is 5.32 Å². The third-order valence-corrected chi connectivity index (χ3v) is 6.40. The fourth-order valence-corrected chi connectivity index (χ4v) is 4.91. The normalized spacial score (nSPS) is 16.5. The van der Waals surface area contributed by atoms with E-state index in [9.17, 15) is 9.59 Å². The highest BCUT2D eigenvalue weighted by Gasteiger charge is 2.34. The SMILES string of the molecule is CCOC(=O)c1c(NC(=O)c2ccccc2)sc2c1CC[C@@H](C(C)(C)C)C2. The van der Waals surface area contributed by atoms with Crippen LogP contribution in [-0.4, -0.2) is 18.5 Å². The highest BCUT2D eigenvalue weighted by molar-refractivity contribution is 7.17. The minimum Gasteiger partial charge on any atom is -0.462 e. The number of esters is 1. The van der Waals surface area contributed by atoms with Gasteiger partial charge in [-0.3, -0.25) is 4.79 Å². The molecule has 4 nitrogen and oxygen atoms in total. The van der Waals surface area contributed by atoms with Crippen LogP contribution in [0.15, 0.2) is 30.3 Å². The van der Waals surface area contributed by atoms with Gasteiger partial charge in [0.05, 0.1) is 12.2 Å². The van der Waals surface area contributed by atoms with Crippen LogP contribution >= 0.6 is 11.3 Å². The summed E-state index contributed by atoms with van der Waals surface area (Å²) in [6.07, 6.45) is 2.84. The van der Waals surface area contributed by atoms with Gasteiger partial charge in [0, 0.05) is 10.4 Å². The second-order valence-corrected chi connectivity index (χ2v) is 9.16. The van der Waals surface area contributed by atoms with Gasteiger partial charge in [-0.15, -0.1) is 11.3 Å². The zero-order chi connectivity index (χ0) is 19.6. The Kier molecular flexibility index (Phi) is 5.70. The largest absolute Gasteiger partial charge is 0.462 e. The van der Waals surface area contributed by atoms with Gasteiger partial charge in [-0.2, -0.15) is 0 Å². The first kappa shape index (κ1) is 19.6. The third-order valence-electron chi connectivity index (χ3n) is 5.23. The molecule has 0 bridgehead atoms. The Morgan fingerprint density at radius 3 is 2.56 bits per heavy atom. The molecule has 0 unspecified atom stereocenters. The van der Waals surface area contributed by atoms with Crippen LogP contribution in [0, 0.1) is 11.3 Å². The number of hydrogen-bond acceptors (Lipinski definition) is 4. The van der Waals surface area contributed by atoms with Crippen LogP contribution in [0.3, 0.4) is 0 Å². The Morgan fingerprint density at radius 1 is 1.22 bits per heavy atom. The molecule has 0 saturated heterocycles. The van der Waals surface area contributed by atoms with Gasteiger partial charge in [0.1, 0.15) is 5.00 Å². The molecule has 1 amide bonds. The van der Waals surface area contributed by atoms with E-state index in [4.69, 9.17) is 4.74 Å². The minimum absolute atomic E-state index is 0.202. The molecule has 1 aromatic carbocycles. The second kappa shape index (κ2) is 7.85. The van der Waals surface area contributed by atoms with Crippen molar-refractivity contribution in [1.29, 1.82) is 0 Å². The Morgan fingerprint density at radius 2 is 1.93 bits per heavy atom. The smallest absolute Gasteiger partial charge is 0.341 e. The summed E-state index contributed by atoms with van der Waals surface area (Å²) in [4.78, 5) is 26.5. The van der Waals surface area contributed by atoms with E-state index in [1.54, 1.807) is 19.1 Å². The summed E-state index contributed by atoms with van der Waals surface area (Å²) in [7, 11) is 0. The number of amides is 1. The molecule has 1 atom stereocenters. The molecule has 1 heterocycles. The molecule has 2 aromatic rings. The number of nitrogens with one attached hydrogen (secondary N) is 1. The molecular weight excluding hydrogens is 358 g/mol. The van der Waals surface area contributed by atoms with Crippen molar-refractivity contribution in [3.8, 4) is 0 Å². The second-order valence-electron chi connectivity index (χ2n) is 8.05. The molecular formula is C22H27NO3S. The quantitative estimate of drug-likeness (QED) is 0.724. The number of rotatable bonds is 4. The zero-order valence-electron chi connectivity index (χ0n) is 16.4. The third kappa shape index (κ3) is 4.24. The van der Waals surface area contributed by atoms with Crippen molar-refractivity contribution in [2.75, 3.05) is 11.9 Å². The lowest BCUT2D eigenvalue weighted by atomic mass is 9.72. The predicted octanol–water partition coefficient (Wildman–Crippen LogP) is 5.33. The fraction of sp³-hybridized carbons (Fsp3) is 0.455. The number of fused-ring (bicyclic) bond motifs is 1. The maximum absolute atomic E-state index is 12.6. The number of carbonyl (C=O) groups excluding carboxylic acids is 2. The first-order valence-corrected chi connectivity index (χ1v) is 10.3. The average Bonchev–Trinajstić information content (AvgIpc) is 2.99. The van der Waals surface area contributed by atoms with Crippen LogP contribution in [-0.2, 0) is 17.6 Å². The maximum atomic E-state index is 12.6. The number of ether oxygens (including phenoxy) is 1. The number of thiophene rings is 1. The molecule has 5 heteroatoms. The van der Waals surface area contributed by atoms with Crippen molar-refractivity contribution in [2.45, 2.75) is 47.0 Å². The lowest BCUT2D eigenvalue weighted by Crippen LogP contribution is -2.26. The van der Waals surface area contributed by atoms with E-state index in [1.807, 2.05) is 18.2 Å². The first-order valence-electron chi connectivity index (χ1n) is 9.49. The standard InChI is InChI=1S/C22H27NO3S/c1-5-26-21(25)18-16-12-11-15(22(2,3)4)13-17(16)27-20(18)23-19(24)14-9-7-6-8-10-14/h6-10,15H,5,11-13H2,1-4H3,(H,23,24)/t15-/m1/s1. The lowest BCUT2D eigenvalue weighted by molar-refractivity contribution is 0.0526. The molecule has 3 rings (SSSR count). The van der Waals surface area contributed by atoms with Crippen molar-refractivity contribution >= 4 is 28.2 Å². The Balaban J connectivity index is 1.94. The summed E-state index contributed by atoms with van der Waals surface area (Å²) in [6.45, 7) is 8.91. The van der Waals surface area contributed by atoms with Gasteiger partial charge < -0.3 is 10.1 Å². The summed E-state index contributed by atoms with van der Waals surface area (Å²) in [5, 5.41) is 3.57. The van der Waals surface area contributed by atoms with Gasteiger partial charge >= 0.3 is 5.97 Å². The van der Waals surface area contributed by atoms with E-state index in [2.05, 4.69) is 26.1 Å². The maximum Gasteiger partial charge on any atom is 0.341 e. The predicted molar refractivity (Wildman–Crippen MR) is 110 cm³/mol. The zero-order valence-corrected chi connectivity index (χ0v) is 17.2. The van der Waals surface area contributed by atoms with Crippen LogP contribution in [0.25, 0.3) is 0 Å².